The van der Waals surface area contributed by atoms with Gasteiger partial charge >= 0.3 is 6.43 Å². The Labute approximate surface area is 84.0 Å². The molecule has 1 aromatic rings. The highest BCUT2D eigenvalue weighted by molar-refractivity contribution is 5.14. The predicted molar refractivity (Wildman–Crippen MR) is 54.1 cm³/mol. The predicted octanol–water partition coefficient (Wildman–Crippen LogP) is 4.22. The molecule has 0 heterocycles. The fourth-order valence-electron chi connectivity index (χ4n) is 1.41. The van der Waals surface area contributed by atoms with Crippen LogP contribution in [0.3, 0.4) is 0 Å². The summed E-state index contributed by atoms with van der Waals surface area (Å²) in [6.45, 7) is 0. The SMILES string of the molecule is F[C](F)CCCCCc1ccccc1. The van der Waals surface area contributed by atoms with Gasteiger partial charge in [-0.2, -0.15) is 8.78 Å². The first kappa shape index (κ1) is 11.2. The first-order valence-corrected chi connectivity index (χ1v) is 5.00. The van der Waals surface area contributed by atoms with Crippen molar-refractivity contribution in [2.75, 3.05) is 0 Å². The second-order valence-electron chi connectivity index (χ2n) is 3.38. The van der Waals surface area contributed by atoms with Crippen molar-refractivity contribution in [3.05, 3.63) is 42.3 Å². The maximum atomic E-state index is 11.7. The molecule has 0 aliphatic rings. The largest absolute Gasteiger partial charge is 0.310 e. The van der Waals surface area contributed by atoms with Gasteiger partial charge in [-0.1, -0.05) is 36.8 Å². The van der Waals surface area contributed by atoms with Crippen LogP contribution in [0.4, 0.5) is 8.78 Å². The average molecular weight is 197 g/mol. The molecule has 0 unspecified atom stereocenters. The van der Waals surface area contributed by atoms with Crippen molar-refractivity contribution in [3.63, 3.8) is 0 Å². The summed E-state index contributed by atoms with van der Waals surface area (Å²) in [4.78, 5) is 0. The highest BCUT2D eigenvalue weighted by Gasteiger charge is 2.03. The average Bonchev–Trinajstić information content (AvgIpc) is 2.18. The van der Waals surface area contributed by atoms with E-state index in [9.17, 15) is 8.78 Å². The van der Waals surface area contributed by atoms with Gasteiger partial charge in [0.15, 0.2) is 0 Å². The fraction of sp³-hybridized carbons (Fsp3) is 0.417. The maximum Gasteiger partial charge on any atom is 0.310 e. The quantitative estimate of drug-likeness (QED) is 0.599. The summed E-state index contributed by atoms with van der Waals surface area (Å²) < 4.78 is 23.4. The summed E-state index contributed by atoms with van der Waals surface area (Å²) >= 11 is 0. The van der Waals surface area contributed by atoms with Crippen molar-refractivity contribution in [1.82, 2.24) is 0 Å². The Bertz CT molecular complexity index is 231. The zero-order valence-corrected chi connectivity index (χ0v) is 8.18. The molecule has 0 saturated carbocycles. The summed E-state index contributed by atoms with van der Waals surface area (Å²) in [6, 6.07) is 10.1. The van der Waals surface area contributed by atoms with Crippen LogP contribution in [0.15, 0.2) is 30.3 Å². The number of aryl methyl sites for hydroxylation is 1. The maximum absolute atomic E-state index is 11.7. The van der Waals surface area contributed by atoms with Crippen LogP contribution in [0.1, 0.15) is 31.2 Å². The summed E-state index contributed by atoms with van der Waals surface area (Å²) in [5.74, 6) is 0. The van der Waals surface area contributed by atoms with Crippen LogP contribution in [-0.4, -0.2) is 0 Å². The Kier molecular flexibility index (Phi) is 5.20. The van der Waals surface area contributed by atoms with Crippen molar-refractivity contribution in [2.45, 2.75) is 32.1 Å². The van der Waals surface area contributed by atoms with E-state index in [2.05, 4.69) is 12.1 Å². The highest BCUT2D eigenvalue weighted by Crippen LogP contribution is 2.15. The van der Waals surface area contributed by atoms with Crippen LogP contribution < -0.4 is 0 Å². The third-order valence-electron chi connectivity index (χ3n) is 2.17. The standard InChI is InChI=1S/C12H15F2/c13-12(14)10-6-2-5-9-11-7-3-1-4-8-11/h1,3-4,7-8H,2,5-6,9-10H2. The molecule has 0 aliphatic carbocycles. The van der Waals surface area contributed by atoms with E-state index in [1.165, 1.54) is 5.56 Å². The van der Waals surface area contributed by atoms with E-state index >= 15 is 0 Å². The van der Waals surface area contributed by atoms with Gasteiger partial charge in [0.2, 0.25) is 0 Å². The molecule has 0 aliphatic heterocycles. The van der Waals surface area contributed by atoms with Gasteiger partial charge in [0.1, 0.15) is 0 Å². The van der Waals surface area contributed by atoms with Gasteiger partial charge in [0.25, 0.3) is 0 Å². The second-order valence-corrected chi connectivity index (χ2v) is 3.38. The molecular formula is C12H15F2. The molecule has 0 fully saturated rings. The molecule has 0 saturated heterocycles. The summed E-state index contributed by atoms with van der Waals surface area (Å²) in [6.07, 6.45) is 2.01. The Morgan fingerprint density at radius 1 is 0.929 bits per heavy atom. The van der Waals surface area contributed by atoms with Crippen LogP contribution in [0.5, 0.6) is 0 Å². The van der Waals surface area contributed by atoms with Crippen LogP contribution >= 0.6 is 0 Å². The molecule has 1 radical (unpaired) electrons. The van der Waals surface area contributed by atoms with E-state index in [1.54, 1.807) is 0 Å². The lowest BCUT2D eigenvalue weighted by Gasteiger charge is -2.00. The van der Waals surface area contributed by atoms with Gasteiger partial charge in [0.05, 0.1) is 0 Å². The lowest BCUT2D eigenvalue weighted by atomic mass is 10.1. The Hall–Kier alpha value is -0.920. The minimum absolute atomic E-state index is 0.0329. The summed E-state index contributed by atoms with van der Waals surface area (Å²) in [5.41, 5.74) is 1.29. The Morgan fingerprint density at radius 2 is 1.64 bits per heavy atom. The van der Waals surface area contributed by atoms with Crippen molar-refractivity contribution in [2.24, 2.45) is 0 Å². The molecule has 77 valence electrons. The van der Waals surface area contributed by atoms with E-state index in [0.29, 0.717) is 6.42 Å². The highest BCUT2D eigenvalue weighted by atomic mass is 19.3. The molecule has 14 heavy (non-hydrogen) atoms. The van der Waals surface area contributed by atoms with Crippen molar-refractivity contribution < 1.29 is 8.78 Å². The molecule has 0 spiro atoms. The van der Waals surface area contributed by atoms with Gasteiger partial charge in [0, 0.05) is 6.42 Å². The third-order valence-corrected chi connectivity index (χ3v) is 2.17. The topological polar surface area (TPSA) is 0 Å². The van der Waals surface area contributed by atoms with Crippen molar-refractivity contribution >= 4 is 0 Å². The zero-order chi connectivity index (χ0) is 10.2. The Balaban J connectivity index is 2.05. The number of benzene rings is 1. The lowest BCUT2D eigenvalue weighted by Crippen LogP contribution is -1.86. The molecule has 2 heteroatoms. The first-order chi connectivity index (χ1) is 6.79. The van der Waals surface area contributed by atoms with Crippen molar-refractivity contribution in [3.8, 4) is 0 Å². The molecule has 0 amide bonds. The number of halogens is 2. The molecule has 1 aromatic carbocycles. The smallest absolute Gasteiger partial charge is 0.200 e. The third kappa shape index (κ3) is 4.95. The minimum atomic E-state index is -1.44. The number of rotatable bonds is 6. The van der Waals surface area contributed by atoms with Gasteiger partial charge in [-0.05, 0) is 24.8 Å². The van der Waals surface area contributed by atoms with E-state index < -0.39 is 6.43 Å². The van der Waals surface area contributed by atoms with E-state index in [4.69, 9.17) is 0 Å². The van der Waals surface area contributed by atoms with Crippen LogP contribution in [-0.2, 0) is 6.42 Å². The molecule has 0 atom stereocenters. The van der Waals surface area contributed by atoms with Crippen LogP contribution in [0, 0.1) is 6.43 Å². The molecule has 0 N–H and O–H groups in total. The van der Waals surface area contributed by atoms with Gasteiger partial charge in [-0.15, -0.1) is 0 Å². The van der Waals surface area contributed by atoms with E-state index in [0.717, 1.165) is 19.3 Å². The lowest BCUT2D eigenvalue weighted by molar-refractivity contribution is 0.264. The van der Waals surface area contributed by atoms with E-state index in [1.807, 2.05) is 18.2 Å². The minimum Gasteiger partial charge on any atom is -0.200 e. The van der Waals surface area contributed by atoms with E-state index in [-0.39, 0.29) is 6.42 Å². The van der Waals surface area contributed by atoms with Crippen molar-refractivity contribution in [1.29, 1.82) is 0 Å². The molecular weight excluding hydrogens is 182 g/mol. The molecule has 0 aromatic heterocycles. The summed E-state index contributed by atoms with van der Waals surface area (Å²) in [7, 11) is 0. The molecule has 0 nitrogen and oxygen atoms in total. The zero-order valence-electron chi connectivity index (χ0n) is 8.18. The normalized spacial score (nSPS) is 10.8. The number of unbranched alkanes of at least 4 members (excludes halogenated alkanes) is 2. The fourth-order valence-corrected chi connectivity index (χ4v) is 1.41. The molecule has 0 bridgehead atoms. The first-order valence-electron chi connectivity index (χ1n) is 5.00. The number of hydrogen-bond donors (Lipinski definition) is 0. The monoisotopic (exact) mass is 197 g/mol. The van der Waals surface area contributed by atoms with Gasteiger partial charge in [-0.3, -0.25) is 0 Å². The van der Waals surface area contributed by atoms with Crippen LogP contribution in [0.25, 0.3) is 0 Å². The Morgan fingerprint density at radius 3 is 2.29 bits per heavy atom. The second kappa shape index (κ2) is 6.52. The number of hydrogen-bond acceptors (Lipinski definition) is 0. The van der Waals surface area contributed by atoms with Gasteiger partial charge < -0.3 is 0 Å². The molecule has 1 rings (SSSR count). The van der Waals surface area contributed by atoms with Crippen LogP contribution in [0.2, 0.25) is 0 Å². The van der Waals surface area contributed by atoms with Gasteiger partial charge in [-0.25, -0.2) is 0 Å². The summed E-state index contributed by atoms with van der Waals surface area (Å²) in [5, 5.41) is 0.